The fourth-order valence-electron chi connectivity index (χ4n) is 3.96. The molecule has 0 amide bonds. The van der Waals surface area contributed by atoms with E-state index in [1.165, 1.54) is 11.1 Å². The van der Waals surface area contributed by atoms with Gasteiger partial charge in [0.05, 0.1) is 13.1 Å². The zero-order chi connectivity index (χ0) is 27.7. The van der Waals surface area contributed by atoms with Crippen molar-refractivity contribution < 1.29 is 10.2 Å². The Balaban J connectivity index is 0. The molecule has 0 unspecified atom stereocenters. The van der Waals surface area contributed by atoms with Gasteiger partial charge < -0.3 is 10.2 Å². The molecule has 0 aliphatic rings. The fourth-order valence-corrected chi connectivity index (χ4v) is 3.96. The maximum absolute atomic E-state index is 10.9. The Morgan fingerprint density at radius 1 is 0.538 bits per heavy atom. The zero-order valence-electron chi connectivity index (χ0n) is 26.0. The molecule has 2 rings (SSSR count). The average molecular weight is 684 g/mol. The number of phenolic OH excluding ortho intramolecular Hbond substituents is 2. The van der Waals surface area contributed by atoms with Crippen LogP contribution < -0.4 is 0 Å². The largest absolute Gasteiger partial charge is 0.507 e. The van der Waals surface area contributed by atoms with Gasteiger partial charge >= 0.3 is 0 Å². The van der Waals surface area contributed by atoms with Crippen LogP contribution in [0.5, 0.6) is 11.5 Å². The second-order valence-electron chi connectivity index (χ2n) is 14.0. The summed E-state index contributed by atoms with van der Waals surface area (Å²) in [5.41, 5.74) is 5.27. The van der Waals surface area contributed by atoms with Gasteiger partial charge in [0.2, 0.25) is 0 Å². The van der Waals surface area contributed by atoms with Crippen LogP contribution in [-0.2, 0) is 21.7 Å². The van der Waals surface area contributed by atoms with Crippen molar-refractivity contribution in [1.82, 2.24) is 0 Å². The van der Waals surface area contributed by atoms with E-state index in [0.29, 0.717) is 24.6 Å². The number of hydrogen-bond acceptors (Lipinski definition) is 4. The first kappa shape index (κ1) is 39.9. The SMILES string of the molecule is CC(C)(C)c1cc(C=NCCN=Cc2cc(C(C)(C)C)cc(C(C)(C)C)c2O)c(O)c(C(C)(C)C)c1.Cl.Cl.[Sn]. The van der Waals surface area contributed by atoms with Crippen LogP contribution in [0, 0.1) is 0 Å². The number of hydrogen-bond donors (Lipinski definition) is 2. The molecule has 2 aromatic carbocycles. The smallest absolute Gasteiger partial charge is 0.128 e. The molecule has 4 radical (unpaired) electrons. The number of phenols is 2. The van der Waals surface area contributed by atoms with Gasteiger partial charge in [-0.1, -0.05) is 95.2 Å². The van der Waals surface area contributed by atoms with Crippen molar-refractivity contribution in [3.8, 4) is 11.5 Å². The van der Waals surface area contributed by atoms with Gasteiger partial charge in [0, 0.05) is 58.6 Å². The van der Waals surface area contributed by atoms with E-state index in [1.54, 1.807) is 12.4 Å². The monoisotopic (exact) mass is 684 g/mol. The second kappa shape index (κ2) is 14.6. The second-order valence-corrected chi connectivity index (χ2v) is 14.0. The Kier molecular flexibility index (Phi) is 14.9. The molecular formula is C32H50Cl2N2O2Sn. The molecule has 2 aromatic rings. The minimum absolute atomic E-state index is 0. The molecule has 0 aromatic heterocycles. The zero-order valence-corrected chi connectivity index (χ0v) is 30.5. The van der Waals surface area contributed by atoms with Gasteiger partial charge in [-0.3, -0.25) is 9.98 Å². The molecular weight excluding hydrogens is 634 g/mol. The van der Waals surface area contributed by atoms with E-state index < -0.39 is 0 Å². The van der Waals surface area contributed by atoms with Crippen LogP contribution in [0.15, 0.2) is 34.3 Å². The summed E-state index contributed by atoms with van der Waals surface area (Å²) >= 11 is 0. The molecule has 0 spiro atoms. The summed E-state index contributed by atoms with van der Waals surface area (Å²) in [5.74, 6) is 0.586. The predicted octanol–water partition coefficient (Wildman–Crippen LogP) is 8.29. The van der Waals surface area contributed by atoms with Crippen LogP contribution in [-0.4, -0.2) is 59.6 Å². The number of nitrogens with zero attached hydrogens (tertiary/aromatic N) is 2. The van der Waals surface area contributed by atoms with Crippen molar-refractivity contribution in [2.75, 3.05) is 13.1 Å². The summed E-state index contributed by atoms with van der Waals surface area (Å²) in [6.45, 7) is 26.7. The summed E-state index contributed by atoms with van der Waals surface area (Å²) in [4.78, 5) is 9.11. The summed E-state index contributed by atoms with van der Waals surface area (Å²) in [7, 11) is 0. The van der Waals surface area contributed by atoms with Crippen molar-refractivity contribution >= 4 is 61.2 Å². The minimum atomic E-state index is -0.173. The summed E-state index contributed by atoms with van der Waals surface area (Å²) in [6, 6.07) is 8.28. The van der Waals surface area contributed by atoms with E-state index in [2.05, 4.69) is 105 Å². The van der Waals surface area contributed by atoms with Crippen LogP contribution >= 0.6 is 24.8 Å². The van der Waals surface area contributed by atoms with E-state index in [4.69, 9.17) is 0 Å². The molecule has 0 saturated heterocycles. The number of aromatic hydroxyl groups is 2. The topological polar surface area (TPSA) is 65.2 Å². The van der Waals surface area contributed by atoms with E-state index in [-0.39, 0.29) is 70.4 Å². The first-order valence-corrected chi connectivity index (χ1v) is 13.0. The maximum atomic E-state index is 10.9. The Hall–Kier alpha value is -1.24. The normalized spacial score (nSPS) is 12.7. The van der Waals surface area contributed by atoms with Gasteiger partial charge in [0.25, 0.3) is 0 Å². The molecule has 2 N–H and O–H groups in total. The molecule has 0 fully saturated rings. The Bertz CT molecular complexity index is 1060. The van der Waals surface area contributed by atoms with Gasteiger partial charge in [0.1, 0.15) is 11.5 Å². The summed E-state index contributed by atoms with van der Waals surface area (Å²) < 4.78 is 0. The predicted molar refractivity (Wildman–Crippen MR) is 176 cm³/mol. The molecule has 0 saturated carbocycles. The summed E-state index contributed by atoms with van der Waals surface area (Å²) in [5, 5.41) is 21.9. The first-order valence-electron chi connectivity index (χ1n) is 13.0. The first-order chi connectivity index (χ1) is 16.2. The van der Waals surface area contributed by atoms with Crippen LogP contribution in [0.2, 0.25) is 0 Å². The number of halogens is 2. The molecule has 0 aliphatic carbocycles. The number of benzene rings is 2. The molecule has 0 heterocycles. The van der Waals surface area contributed by atoms with Crippen molar-refractivity contribution in [3.63, 3.8) is 0 Å². The van der Waals surface area contributed by atoms with E-state index >= 15 is 0 Å². The van der Waals surface area contributed by atoms with Gasteiger partial charge in [-0.15, -0.1) is 24.8 Å². The average Bonchev–Trinajstić information content (AvgIpc) is 2.69. The number of rotatable bonds is 5. The van der Waals surface area contributed by atoms with E-state index in [0.717, 1.165) is 22.3 Å². The van der Waals surface area contributed by atoms with Crippen molar-refractivity contribution in [1.29, 1.82) is 0 Å². The van der Waals surface area contributed by atoms with Crippen LogP contribution in [0.4, 0.5) is 0 Å². The van der Waals surface area contributed by atoms with Crippen LogP contribution in [0.3, 0.4) is 0 Å². The Morgan fingerprint density at radius 2 is 0.821 bits per heavy atom. The Labute approximate surface area is 267 Å². The third-order valence-corrected chi connectivity index (χ3v) is 6.45. The third kappa shape index (κ3) is 10.9. The van der Waals surface area contributed by atoms with Crippen LogP contribution in [0.25, 0.3) is 0 Å². The van der Waals surface area contributed by atoms with Gasteiger partial charge in [-0.25, -0.2) is 0 Å². The quantitative estimate of drug-likeness (QED) is 0.189. The van der Waals surface area contributed by atoms with Gasteiger partial charge in [0.15, 0.2) is 0 Å². The number of aliphatic imine (C=N–C) groups is 2. The van der Waals surface area contributed by atoms with Crippen molar-refractivity contribution in [2.45, 2.75) is 105 Å². The Morgan fingerprint density at radius 3 is 1.05 bits per heavy atom. The standard InChI is InChI=1S/C32H48N2O2.2ClH.Sn/c1-29(2,3)23-15-21(27(35)25(17-23)31(7,8)9)19-33-13-14-34-20-22-16-24(30(4,5)6)18-26(28(22)36)32(10,11)12;;;/h15-20,35-36H,13-14H2,1-12H3;2*1H;. The summed E-state index contributed by atoms with van der Waals surface area (Å²) in [6.07, 6.45) is 3.51. The van der Waals surface area contributed by atoms with Gasteiger partial charge in [-0.05, 0) is 44.9 Å². The van der Waals surface area contributed by atoms with Gasteiger partial charge in [-0.2, -0.15) is 0 Å². The third-order valence-electron chi connectivity index (χ3n) is 6.45. The molecule has 0 aliphatic heterocycles. The van der Waals surface area contributed by atoms with Crippen molar-refractivity contribution in [3.05, 3.63) is 57.6 Å². The fraction of sp³-hybridized carbons (Fsp3) is 0.562. The van der Waals surface area contributed by atoms with Crippen LogP contribution in [0.1, 0.15) is 116 Å². The molecule has 0 atom stereocenters. The maximum Gasteiger partial charge on any atom is 0.128 e. The van der Waals surface area contributed by atoms with E-state index in [9.17, 15) is 10.2 Å². The van der Waals surface area contributed by atoms with E-state index in [1.807, 2.05) is 12.1 Å². The minimum Gasteiger partial charge on any atom is -0.507 e. The van der Waals surface area contributed by atoms with Crippen molar-refractivity contribution in [2.24, 2.45) is 9.98 Å². The molecule has 7 heteroatoms. The molecule has 39 heavy (non-hydrogen) atoms. The molecule has 4 nitrogen and oxygen atoms in total. The molecule has 218 valence electrons. The molecule has 0 bridgehead atoms.